The number of nitriles is 1. The van der Waals surface area contributed by atoms with E-state index in [9.17, 15) is 9.59 Å². The molecule has 0 saturated carbocycles. The van der Waals surface area contributed by atoms with Crippen molar-refractivity contribution in [3.63, 3.8) is 0 Å². The number of rotatable bonds is 8. The highest BCUT2D eigenvalue weighted by Crippen LogP contribution is 2.03. The van der Waals surface area contributed by atoms with Gasteiger partial charge in [-0.3, -0.25) is 4.79 Å². The van der Waals surface area contributed by atoms with E-state index in [4.69, 9.17) is 10.4 Å². The van der Waals surface area contributed by atoms with Crippen LogP contribution >= 0.6 is 0 Å². The number of carbonyl (C=O) groups excluding carboxylic acids is 1. The molecule has 0 aromatic heterocycles. The number of hydrogen-bond donors (Lipinski definition) is 3. The molecule has 0 bridgehead atoms. The average Bonchev–Trinajstić information content (AvgIpc) is 2.49. The first-order valence-electron chi connectivity index (χ1n) is 6.88. The average molecular weight is 289 g/mol. The number of nitrogens with zero attached hydrogens (tertiary/aromatic N) is 1. The molecule has 0 radical (unpaired) electrons. The molecule has 2 amide bonds. The third kappa shape index (κ3) is 6.97. The molecule has 6 heteroatoms. The molecule has 6 nitrogen and oxygen atoms in total. The maximum atomic E-state index is 11.8. The summed E-state index contributed by atoms with van der Waals surface area (Å²) in [4.78, 5) is 22.0. The van der Waals surface area contributed by atoms with Gasteiger partial charge in [0.1, 0.15) is 0 Å². The van der Waals surface area contributed by atoms with Crippen molar-refractivity contribution in [1.29, 1.82) is 5.26 Å². The molecule has 0 atom stereocenters. The Balaban J connectivity index is 2.10. The molecule has 21 heavy (non-hydrogen) atoms. The molecule has 0 aliphatic carbocycles. The van der Waals surface area contributed by atoms with Crippen molar-refractivity contribution in [1.82, 2.24) is 10.6 Å². The van der Waals surface area contributed by atoms with E-state index in [1.54, 1.807) is 24.3 Å². The lowest BCUT2D eigenvalue weighted by Crippen LogP contribution is -2.24. The lowest BCUT2D eigenvalue weighted by atomic mass is 10.1. The fraction of sp³-hybridized carbons (Fsp3) is 0.400. The summed E-state index contributed by atoms with van der Waals surface area (Å²) < 4.78 is 0. The zero-order valence-corrected chi connectivity index (χ0v) is 11.8. The van der Waals surface area contributed by atoms with Crippen molar-refractivity contribution in [2.75, 3.05) is 13.1 Å². The molecule has 0 saturated heterocycles. The van der Waals surface area contributed by atoms with Gasteiger partial charge < -0.3 is 15.7 Å². The van der Waals surface area contributed by atoms with E-state index < -0.39 is 6.09 Å². The van der Waals surface area contributed by atoms with Crippen LogP contribution in [0.3, 0.4) is 0 Å². The van der Waals surface area contributed by atoms with Crippen molar-refractivity contribution >= 4 is 12.0 Å². The SMILES string of the molecule is N#Cc1ccc(C(=O)NCCCCCCNC(=O)O)cc1. The van der Waals surface area contributed by atoms with Gasteiger partial charge in [-0.25, -0.2) is 4.79 Å². The molecule has 0 aliphatic heterocycles. The topological polar surface area (TPSA) is 102 Å². The van der Waals surface area contributed by atoms with E-state index >= 15 is 0 Å². The minimum absolute atomic E-state index is 0.146. The summed E-state index contributed by atoms with van der Waals surface area (Å²) in [6.45, 7) is 1.05. The molecule has 0 fully saturated rings. The van der Waals surface area contributed by atoms with Crippen LogP contribution in [0.5, 0.6) is 0 Å². The Kier molecular flexibility index (Phi) is 7.36. The van der Waals surface area contributed by atoms with Gasteiger partial charge in [-0.2, -0.15) is 5.26 Å². The summed E-state index contributed by atoms with van der Waals surface area (Å²) in [5, 5.41) is 22.2. The summed E-state index contributed by atoms with van der Waals surface area (Å²) in [5.41, 5.74) is 1.07. The summed E-state index contributed by atoms with van der Waals surface area (Å²) in [6, 6.07) is 8.49. The number of nitrogens with one attached hydrogen (secondary N) is 2. The van der Waals surface area contributed by atoms with E-state index in [0.717, 1.165) is 25.7 Å². The molecular formula is C15H19N3O3. The Hall–Kier alpha value is -2.55. The quantitative estimate of drug-likeness (QED) is 0.638. The maximum absolute atomic E-state index is 11.8. The van der Waals surface area contributed by atoms with Gasteiger partial charge in [0.15, 0.2) is 0 Å². The number of hydrogen-bond acceptors (Lipinski definition) is 3. The smallest absolute Gasteiger partial charge is 0.404 e. The van der Waals surface area contributed by atoms with E-state index in [1.165, 1.54) is 0 Å². The first-order chi connectivity index (χ1) is 10.1. The van der Waals surface area contributed by atoms with Gasteiger partial charge in [0, 0.05) is 18.7 Å². The first kappa shape index (κ1) is 16.5. The van der Waals surface area contributed by atoms with E-state index in [1.807, 2.05) is 6.07 Å². The van der Waals surface area contributed by atoms with Gasteiger partial charge in [0.25, 0.3) is 5.91 Å². The van der Waals surface area contributed by atoms with Crippen LogP contribution in [0.4, 0.5) is 4.79 Å². The van der Waals surface area contributed by atoms with Crippen LogP contribution in [0.25, 0.3) is 0 Å². The van der Waals surface area contributed by atoms with Gasteiger partial charge in [0.05, 0.1) is 11.6 Å². The normalized spacial score (nSPS) is 9.67. The largest absolute Gasteiger partial charge is 0.465 e. The zero-order valence-electron chi connectivity index (χ0n) is 11.8. The van der Waals surface area contributed by atoms with Gasteiger partial charge in [-0.15, -0.1) is 0 Å². The fourth-order valence-electron chi connectivity index (χ4n) is 1.80. The van der Waals surface area contributed by atoms with Crippen LogP contribution < -0.4 is 10.6 Å². The maximum Gasteiger partial charge on any atom is 0.404 e. The molecule has 1 aromatic carbocycles. The highest BCUT2D eigenvalue weighted by Gasteiger charge is 2.04. The van der Waals surface area contributed by atoms with Crippen molar-refractivity contribution in [3.8, 4) is 6.07 Å². The van der Waals surface area contributed by atoms with Crippen LogP contribution in [0.1, 0.15) is 41.6 Å². The second kappa shape index (κ2) is 9.37. The van der Waals surface area contributed by atoms with Crippen molar-refractivity contribution in [2.24, 2.45) is 0 Å². The number of carbonyl (C=O) groups is 2. The third-order valence-corrected chi connectivity index (χ3v) is 2.94. The summed E-state index contributed by atoms with van der Waals surface area (Å²) in [6.07, 6.45) is 2.53. The number of unbranched alkanes of at least 4 members (excludes halogenated alkanes) is 3. The number of benzene rings is 1. The number of carboxylic acid groups (broad SMARTS) is 1. The molecule has 0 unspecified atom stereocenters. The molecule has 0 aliphatic rings. The molecule has 3 N–H and O–H groups in total. The van der Waals surface area contributed by atoms with Gasteiger partial charge >= 0.3 is 6.09 Å². The fourth-order valence-corrected chi connectivity index (χ4v) is 1.80. The molecule has 0 spiro atoms. The lowest BCUT2D eigenvalue weighted by molar-refractivity contribution is 0.0953. The Morgan fingerprint density at radius 2 is 1.57 bits per heavy atom. The summed E-state index contributed by atoms with van der Waals surface area (Å²) in [5.74, 6) is -0.146. The van der Waals surface area contributed by atoms with Crippen LogP contribution in [-0.2, 0) is 0 Å². The molecule has 0 heterocycles. The monoisotopic (exact) mass is 289 g/mol. The van der Waals surface area contributed by atoms with Gasteiger partial charge in [0.2, 0.25) is 0 Å². The Bertz CT molecular complexity index is 506. The highest BCUT2D eigenvalue weighted by molar-refractivity contribution is 5.94. The molecule has 1 aromatic rings. The second-order valence-electron chi connectivity index (χ2n) is 4.59. The highest BCUT2D eigenvalue weighted by atomic mass is 16.4. The summed E-state index contributed by atoms with van der Waals surface area (Å²) in [7, 11) is 0. The summed E-state index contributed by atoms with van der Waals surface area (Å²) >= 11 is 0. The van der Waals surface area contributed by atoms with Crippen molar-refractivity contribution in [3.05, 3.63) is 35.4 Å². The van der Waals surface area contributed by atoms with Gasteiger partial charge in [-0.05, 0) is 37.1 Å². The van der Waals surface area contributed by atoms with Crippen LogP contribution in [-0.4, -0.2) is 30.2 Å². The van der Waals surface area contributed by atoms with Crippen LogP contribution in [0.2, 0.25) is 0 Å². The lowest BCUT2D eigenvalue weighted by Gasteiger charge is -2.05. The van der Waals surface area contributed by atoms with Crippen molar-refractivity contribution in [2.45, 2.75) is 25.7 Å². The molecular weight excluding hydrogens is 270 g/mol. The molecule has 112 valence electrons. The van der Waals surface area contributed by atoms with E-state index in [0.29, 0.717) is 24.2 Å². The van der Waals surface area contributed by atoms with Crippen LogP contribution in [0, 0.1) is 11.3 Å². The third-order valence-electron chi connectivity index (χ3n) is 2.94. The Labute approximate surface area is 123 Å². The minimum Gasteiger partial charge on any atom is -0.465 e. The Morgan fingerprint density at radius 3 is 2.10 bits per heavy atom. The molecule has 1 rings (SSSR count). The Morgan fingerprint density at radius 1 is 1.00 bits per heavy atom. The van der Waals surface area contributed by atoms with E-state index in [-0.39, 0.29) is 5.91 Å². The van der Waals surface area contributed by atoms with Crippen LogP contribution in [0.15, 0.2) is 24.3 Å². The minimum atomic E-state index is -0.996. The van der Waals surface area contributed by atoms with E-state index in [2.05, 4.69) is 10.6 Å². The predicted molar refractivity (Wildman–Crippen MR) is 78.0 cm³/mol. The first-order valence-corrected chi connectivity index (χ1v) is 6.88. The standard InChI is InChI=1S/C15H19N3O3/c16-11-12-5-7-13(8-6-12)14(19)17-9-3-1-2-4-10-18-15(20)21/h5-8,18H,1-4,9-10H2,(H,17,19)(H,20,21). The number of amides is 2. The second-order valence-corrected chi connectivity index (χ2v) is 4.59. The predicted octanol–water partition coefficient (Wildman–Crippen LogP) is 2.12. The zero-order chi connectivity index (χ0) is 15.5. The van der Waals surface area contributed by atoms with Gasteiger partial charge in [-0.1, -0.05) is 12.8 Å². The van der Waals surface area contributed by atoms with Crippen molar-refractivity contribution < 1.29 is 14.7 Å².